The van der Waals surface area contributed by atoms with Crippen LogP contribution in [0.1, 0.15) is 132 Å². The average molecular weight is 773 g/mol. The number of esters is 1. The molecular weight excluding hydrogens is 705 g/mol. The van der Waals surface area contributed by atoms with Crippen LogP contribution in [0.15, 0.2) is 41.5 Å². The molecule has 5 aliphatic rings. The Hall–Kier alpha value is -3.49. The molecule has 4 saturated carbocycles. The van der Waals surface area contributed by atoms with Crippen molar-refractivity contribution in [1.82, 2.24) is 9.80 Å². The van der Waals surface area contributed by atoms with Crippen LogP contribution >= 0.6 is 0 Å². The van der Waals surface area contributed by atoms with Crippen LogP contribution in [-0.4, -0.2) is 71.2 Å². The smallest absolute Gasteiger partial charge is 0.312 e. The Balaban J connectivity index is 1.26. The van der Waals surface area contributed by atoms with Crippen molar-refractivity contribution in [3.05, 3.63) is 47.0 Å². The molecule has 0 spiro atoms. The van der Waals surface area contributed by atoms with Crippen molar-refractivity contribution in [3.8, 4) is 0 Å². The molecule has 6 rings (SSSR count). The molecule has 0 heterocycles. The molecule has 0 bridgehead atoms. The molecule has 9 nitrogen and oxygen atoms in total. The van der Waals surface area contributed by atoms with E-state index in [-0.39, 0.29) is 45.9 Å². The number of carboxylic acid groups (broad SMARTS) is 1. The summed E-state index contributed by atoms with van der Waals surface area (Å²) in [5.74, 6) is -0.434. The van der Waals surface area contributed by atoms with Gasteiger partial charge in [0.2, 0.25) is 0 Å². The first kappa shape index (κ1) is 42.1. The molecule has 0 saturated heterocycles. The number of allylic oxidation sites excluding steroid dienone is 2. The molecule has 0 radical (unpaired) electrons. The van der Waals surface area contributed by atoms with Crippen LogP contribution in [0.25, 0.3) is 0 Å². The minimum absolute atomic E-state index is 0.0667. The normalized spacial score (nSPS) is 33.5. The second kappa shape index (κ2) is 15.0. The minimum Gasteiger partial charge on any atom is -0.481 e. The fourth-order valence-corrected chi connectivity index (χ4v) is 13.3. The van der Waals surface area contributed by atoms with Crippen LogP contribution in [-0.2, 0) is 35.3 Å². The lowest BCUT2D eigenvalue weighted by Gasteiger charge is -2.69. The van der Waals surface area contributed by atoms with E-state index >= 15 is 0 Å². The van der Waals surface area contributed by atoms with Crippen LogP contribution in [0, 0.1) is 56.7 Å². The van der Waals surface area contributed by atoms with Crippen LogP contribution in [0.4, 0.5) is 0 Å². The number of likely N-dealkylation sites (N-methyl/N-ethyl adjacent to an activating group) is 1. The number of fused-ring (bicyclic) bond motifs is 7. The number of nitrogens with zero attached hydrogens (tertiary/aromatic N) is 2. The third-order valence-corrected chi connectivity index (χ3v) is 16.1. The van der Waals surface area contributed by atoms with Crippen LogP contribution in [0.5, 0.6) is 0 Å². The van der Waals surface area contributed by atoms with Gasteiger partial charge in [0.05, 0.1) is 11.8 Å². The van der Waals surface area contributed by atoms with E-state index < -0.39 is 29.2 Å². The van der Waals surface area contributed by atoms with E-state index in [2.05, 4.69) is 41.5 Å². The summed E-state index contributed by atoms with van der Waals surface area (Å²) in [6.07, 6.45) is 8.75. The number of amides is 2. The Labute approximate surface area is 335 Å². The van der Waals surface area contributed by atoms with Crippen molar-refractivity contribution in [2.24, 2.45) is 56.7 Å². The third-order valence-electron chi connectivity index (χ3n) is 16.1. The van der Waals surface area contributed by atoms with Crippen LogP contribution in [0.3, 0.4) is 0 Å². The zero-order valence-corrected chi connectivity index (χ0v) is 35.8. The van der Waals surface area contributed by atoms with E-state index in [4.69, 9.17) is 4.74 Å². The van der Waals surface area contributed by atoms with Gasteiger partial charge < -0.3 is 19.6 Å². The number of hydrogen-bond donors (Lipinski definition) is 1. The lowest BCUT2D eigenvalue weighted by Crippen LogP contribution is -2.63. The first-order chi connectivity index (χ1) is 26.1. The van der Waals surface area contributed by atoms with Gasteiger partial charge in [-0.1, -0.05) is 77.4 Å². The number of carbonyl (C=O) groups excluding carboxylic acids is 4. The molecule has 8 unspecified atom stereocenters. The van der Waals surface area contributed by atoms with Crippen LogP contribution < -0.4 is 0 Å². The van der Waals surface area contributed by atoms with Crippen molar-refractivity contribution in [1.29, 1.82) is 0 Å². The van der Waals surface area contributed by atoms with Gasteiger partial charge in [-0.15, -0.1) is 0 Å². The number of carboxylic acids is 1. The van der Waals surface area contributed by atoms with Gasteiger partial charge in [0, 0.05) is 44.4 Å². The van der Waals surface area contributed by atoms with Crippen molar-refractivity contribution in [2.45, 2.75) is 139 Å². The third kappa shape index (κ3) is 7.16. The summed E-state index contributed by atoms with van der Waals surface area (Å²) >= 11 is 0. The van der Waals surface area contributed by atoms with Crippen molar-refractivity contribution in [2.75, 3.05) is 20.6 Å². The largest absolute Gasteiger partial charge is 0.481 e. The summed E-state index contributed by atoms with van der Waals surface area (Å²) in [6, 6.07) is 9.83. The molecule has 308 valence electrons. The second-order valence-corrected chi connectivity index (χ2v) is 20.7. The molecule has 56 heavy (non-hydrogen) atoms. The number of ether oxygens (including phenoxy) is 1. The van der Waals surface area contributed by atoms with E-state index in [0.717, 1.165) is 62.5 Å². The van der Waals surface area contributed by atoms with Gasteiger partial charge in [-0.25, -0.2) is 0 Å². The second-order valence-electron chi connectivity index (χ2n) is 20.7. The maximum atomic E-state index is 14.2. The maximum Gasteiger partial charge on any atom is 0.312 e. The Kier molecular flexibility index (Phi) is 11.3. The van der Waals surface area contributed by atoms with Crippen molar-refractivity contribution < 1.29 is 33.8 Å². The Morgan fingerprint density at radius 1 is 0.875 bits per heavy atom. The number of hydrogen-bond acceptors (Lipinski definition) is 6. The van der Waals surface area contributed by atoms with E-state index in [0.29, 0.717) is 49.6 Å². The Morgan fingerprint density at radius 3 is 2.16 bits per heavy atom. The Bertz CT molecular complexity index is 1760. The van der Waals surface area contributed by atoms with Crippen molar-refractivity contribution in [3.63, 3.8) is 0 Å². The molecule has 1 N–H and O–H groups in total. The first-order valence-electron chi connectivity index (χ1n) is 21.3. The number of carbonyl (C=O) groups is 5. The molecule has 8 atom stereocenters. The van der Waals surface area contributed by atoms with Gasteiger partial charge in [-0.3, -0.25) is 24.0 Å². The molecule has 1 aromatic rings. The standard InChI is InChI=1S/C47H68N2O7/c1-29(2)38-33(50)26-47(24-25-49(41(53)40(52)48(9)10)28-30-14-12-11-13-15-30)23-18-32-31(39(38)47)16-17-35-45(32,7)21-19-34-44(5,6)36(20-22-46(34,35)8)56-37(51)27-43(3,4)42(54)55/h11-15,29,31-32,34-36H,16-28H2,1-10H3,(H,54,55). The predicted octanol–water partition coefficient (Wildman–Crippen LogP) is 8.50. The monoisotopic (exact) mass is 773 g/mol. The predicted molar refractivity (Wildman–Crippen MR) is 216 cm³/mol. The topological polar surface area (TPSA) is 121 Å². The molecule has 4 fully saturated rings. The molecule has 5 aliphatic carbocycles. The fraction of sp³-hybridized carbons (Fsp3) is 0.723. The number of rotatable bonds is 10. The van der Waals surface area contributed by atoms with E-state index in [1.54, 1.807) is 32.8 Å². The van der Waals surface area contributed by atoms with Crippen molar-refractivity contribution >= 4 is 29.5 Å². The minimum atomic E-state index is -1.17. The number of aliphatic carboxylic acids is 1. The van der Waals surface area contributed by atoms with Gasteiger partial charge in [0.25, 0.3) is 0 Å². The highest BCUT2D eigenvalue weighted by molar-refractivity contribution is 6.34. The molecule has 9 heteroatoms. The summed E-state index contributed by atoms with van der Waals surface area (Å²) in [5.41, 5.74) is 1.81. The summed E-state index contributed by atoms with van der Waals surface area (Å²) in [7, 11) is 3.23. The first-order valence-corrected chi connectivity index (χ1v) is 21.3. The number of Topliss-reactive ketones (excluding diaryl/α,β-unsaturated/α-hetero) is 1. The quantitative estimate of drug-likeness (QED) is 0.187. The highest BCUT2D eigenvalue weighted by atomic mass is 16.5. The molecule has 1 aromatic carbocycles. The summed E-state index contributed by atoms with van der Waals surface area (Å²) < 4.78 is 6.16. The highest BCUT2D eigenvalue weighted by Crippen LogP contribution is 2.73. The van der Waals surface area contributed by atoms with Gasteiger partial charge in [-0.2, -0.15) is 0 Å². The zero-order valence-electron chi connectivity index (χ0n) is 35.8. The Morgan fingerprint density at radius 2 is 1.54 bits per heavy atom. The molecule has 0 aliphatic heterocycles. The molecule has 0 aromatic heterocycles. The summed E-state index contributed by atoms with van der Waals surface area (Å²) in [5, 5.41) is 9.62. The molecule has 2 amide bonds. The lowest BCUT2D eigenvalue weighted by molar-refractivity contribution is -0.214. The lowest BCUT2D eigenvalue weighted by atomic mass is 9.36. The van der Waals surface area contributed by atoms with E-state index in [9.17, 15) is 29.1 Å². The van der Waals surface area contributed by atoms with E-state index in [1.807, 2.05) is 30.3 Å². The maximum absolute atomic E-state index is 14.2. The summed E-state index contributed by atoms with van der Waals surface area (Å²) in [6.45, 7) is 17.8. The van der Waals surface area contributed by atoms with Gasteiger partial charge in [-0.05, 0) is 123 Å². The average Bonchev–Trinajstić information content (AvgIpc) is 3.43. The van der Waals surface area contributed by atoms with Gasteiger partial charge in [0.15, 0.2) is 5.78 Å². The molecular formula is C47H68N2O7. The number of benzene rings is 1. The van der Waals surface area contributed by atoms with Gasteiger partial charge in [0.1, 0.15) is 6.10 Å². The fourth-order valence-electron chi connectivity index (χ4n) is 13.3. The van der Waals surface area contributed by atoms with Crippen LogP contribution in [0.2, 0.25) is 0 Å². The summed E-state index contributed by atoms with van der Waals surface area (Å²) in [4.78, 5) is 68.8. The van der Waals surface area contributed by atoms with E-state index in [1.165, 1.54) is 10.5 Å². The SMILES string of the molecule is CC(C)C1=C2C3CCC4C(C)(CCC5C(C)(C)C(OC(=O)CC(C)(C)C(=O)O)CCC54C)C3CCC2(CCN(Cc2ccccc2)C(=O)C(=O)N(C)C)CC1=O. The zero-order chi connectivity index (χ0) is 41.2. The van der Waals surface area contributed by atoms with Gasteiger partial charge >= 0.3 is 23.8 Å². The highest BCUT2D eigenvalue weighted by Gasteiger charge is 2.66. The number of ketones is 1.